The summed E-state index contributed by atoms with van der Waals surface area (Å²) in [5.41, 5.74) is 2.45. The Kier molecular flexibility index (Phi) is 5.93. The van der Waals surface area contributed by atoms with E-state index >= 15 is 0 Å². The number of nitrogens with one attached hydrogen (secondary N) is 2. The van der Waals surface area contributed by atoms with E-state index in [1.165, 1.54) is 4.90 Å². The number of carbonyl (C=O) groups excluding carboxylic acids is 1. The van der Waals surface area contributed by atoms with Crippen LogP contribution in [0, 0.1) is 11.8 Å². The summed E-state index contributed by atoms with van der Waals surface area (Å²) in [5.74, 6) is -1.96. The number of hydrogen-bond acceptors (Lipinski definition) is 8. The van der Waals surface area contributed by atoms with Crippen molar-refractivity contribution in [2.24, 2.45) is 11.8 Å². The molecule has 162 valence electrons. The number of likely N-dealkylation sites (tertiary alicyclic amines) is 1. The Balaban J connectivity index is 1.40. The van der Waals surface area contributed by atoms with Gasteiger partial charge in [0.2, 0.25) is 5.91 Å². The summed E-state index contributed by atoms with van der Waals surface area (Å²) >= 11 is 1.58. The quantitative estimate of drug-likeness (QED) is 0.274. The van der Waals surface area contributed by atoms with Crippen LogP contribution in [-0.2, 0) is 9.59 Å². The molecule has 7 atom stereocenters. The zero-order valence-electron chi connectivity index (χ0n) is 16.7. The first kappa shape index (κ1) is 21.1. The summed E-state index contributed by atoms with van der Waals surface area (Å²) in [4.78, 5) is 28.8. The Morgan fingerprint density at radius 3 is 2.83 bits per heavy atom. The SMILES string of the molecule is C[C@@H](O)C1C(=O)N2C(C(=O)O)=C(S[C@@H]3CNC(CN4CCC(NO)C4)C3)[C@H](C)C12. The highest BCUT2D eigenvalue weighted by Gasteiger charge is 2.60. The number of aliphatic hydroxyl groups excluding tert-OH is 1. The third kappa shape index (κ3) is 3.70. The van der Waals surface area contributed by atoms with E-state index < -0.39 is 18.0 Å². The number of rotatable bonds is 7. The number of carboxylic acids is 1. The number of fused-ring (bicyclic) bond motifs is 1. The fraction of sp³-hybridized carbons (Fsp3) is 0.789. The van der Waals surface area contributed by atoms with Gasteiger partial charge < -0.3 is 30.5 Å². The molecule has 0 radical (unpaired) electrons. The molecule has 4 unspecified atom stereocenters. The predicted octanol–water partition coefficient (Wildman–Crippen LogP) is -0.343. The number of hydrogen-bond donors (Lipinski definition) is 5. The molecule has 0 aliphatic carbocycles. The molecule has 0 spiro atoms. The van der Waals surface area contributed by atoms with Crippen molar-refractivity contribution in [3.63, 3.8) is 0 Å². The van der Waals surface area contributed by atoms with Gasteiger partial charge in [-0.1, -0.05) is 6.92 Å². The van der Waals surface area contributed by atoms with Gasteiger partial charge in [0.15, 0.2) is 0 Å². The Labute approximate surface area is 174 Å². The van der Waals surface area contributed by atoms with E-state index in [1.807, 2.05) is 6.92 Å². The van der Waals surface area contributed by atoms with Crippen LogP contribution >= 0.6 is 11.8 Å². The summed E-state index contributed by atoms with van der Waals surface area (Å²) in [6.45, 7) is 7.05. The van der Waals surface area contributed by atoms with Crippen molar-refractivity contribution in [3.8, 4) is 0 Å². The van der Waals surface area contributed by atoms with Crippen LogP contribution in [0.4, 0.5) is 0 Å². The lowest BCUT2D eigenvalue weighted by atomic mass is 9.79. The van der Waals surface area contributed by atoms with Gasteiger partial charge in [0.1, 0.15) is 5.70 Å². The summed E-state index contributed by atoms with van der Waals surface area (Å²) in [7, 11) is 0. The van der Waals surface area contributed by atoms with Crippen molar-refractivity contribution in [3.05, 3.63) is 10.6 Å². The normalized spacial score (nSPS) is 38.5. The van der Waals surface area contributed by atoms with E-state index in [0.717, 1.165) is 43.9 Å². The molecule has 29 heavy (non-hydrogen) atoms. The molecule has 3 fully saturated rings. The van der Waals surface area contributed by atoms with Gasteiger partial charge in [-0.15, -0.1) is 11.8 Å². The second-order valence-electron chi connectivity index (χ2n) is 8.73. The Morgan fingerprint density at radius 2 is 2.21 bits per heavy atom. The first-order chi connectivity index (χ1) is 13.8. The van der Waals surface area contributed by atoms with Gasteiger partial charge in [-0.2, -0.15) is 0 Å². The van der Waals surface area contributed by atoms with Gasteiger partial charge in [-0.3, -0.25) is 4.79 Å². The lowest BCUT2D eigenvalue weighted by Gasteiger charge is -2.46. The van der Waals surface area contributed by atoms with Gasteiger partial charge in [0, 0.05) is 47.8 Å². The molecule has 4 aliphatic rings. The average molecular weight is 427 g/mol. The van der Waals surface area contributed by atoms with Gasteiger partial charge in [-0.25, -0.2) is 10.3 Å². The third-order valence-corrected chi connectivity index (χ3v) is 8.23. The number of aliphatic hydroxyl groups is 1. The Hall–Kier alpha value is -1.17. The molecule has 4 aliphatic heterocycles. The molecule has 4 rings (SSSR count). The van der Waals surface area contributed by atoms with E-state index in [2.05, 4.69) is 15.7 Å². The van der Waals surface area contributed by atoms with Crippen molar-refractivity contribution in [2.45, 2.75) is 56.2 Å². The fourth-order valence-electron chi connectivity index (χ4n) is 5.28. The second kappa shape index (κ2) is 8.16. The maximum atomic E-state index is 12.4. The van der Waals surface area contributed by atoms with Gasteiger partial charge >= 0.3 is 5.97 Å². The molecule has 5 N–H and O–H groups in total. The maximum Gasteiger partial charge on any atom is 0.353 e. The van der Waals surface area contributed by atoms with Crippen molar-refractivity contribution < 1.29 is 25.0 Å². The monoisotopic (exact) mass is 426 g/mol. The Bertz CT molecular complexity index is 717. The highest BCUT2D eigenvalue weighted by Crippen LogP contribution is 2.51. The molecular weight excluding hydrogens is 396 g/mol. The van der Waals surface area contributed by atoms with Crippen molar-refractivity contribution in [1.29, 1.82) is 0 Å². The molecule has 10 heteroatoms. The highest BCUT2D eigenvalue weighted by atomic mass is 32.2. The lowest BCUT2D eigenvalue weighted by Crippen LogP contribution is -2.63. The van der Waals surface area contributed by atoms with Crippen LogP contribution in [0.1, 0.15) is 26.7 Å². The summed E-state index contributed by atoms with van der Waals surface area (Å²) in [6, 6.07) is 0.210. The van der Waals surface area contributed by atoms with Crippen molar-refractivity contribution in [1.82, 2.24) is 20.6 Å². The number of β-lactam (4-membered cyclic amide) rings is 1. The minimum atomic E-state index is -1.07. The van der Waals surface area contributed by atoms with Crippen LogP contribution in [0.3, 0.4) is 0 Å². The Morgan fingerprint density at radius 1 is 1.45 bits per heavy atom. The van der Waals surface area contributed by atoms with E-state index in [4.69, 9.17) is 5.21 Å². The van der Waals surface area contributed by atoms with E-state index in [9.17, 15) is 19.8 Å². The number of carboxylic acid groups (broad SMARTS) is 1. The highest BCUT2D eigenvalue weighted by molar-refractivity contribution is 8.03. The van der Waals surface area contributed by atoms with Crippen LogP contribution < -0.4 is 10.8 Å². The lowest BCUT2D eigenvalue weighted by molar-refractivity contribution is -0.163. The largest absolute Gasteiger partial charge is 0.477 e. The summed E-state index contributed by atoms with van der Waals surface area (Å²) in [5, 5.41) is 32.6. The van der Waals surface area contributed by atoms with Gasteiger partial charge in [0.05, 0.1) is 18.1 Å². The summed E-state index contributed by atoms with van der Waals surface area (Å²) < 4.78 is 0. The number of amides is 1. The molecule has 0 saturated carbocycles. The van der Waals surface area contributed by atoms with E-state index in [0.29, 0.717) is 6.04 Å². The van der Waals surface area contributed by atoms with Crippen LogP contribution in [0.15, 0.2) is 10.6 Å². The zero-order valence-corrected chi connectivity index (χ0v) is 17.6. The maximum absolute atomic E-state index is 12.4. The molecule has 0 bridgehead atoms. The number of hydroxylamine groups is 1. The standard InChI is InChI=1S/C19H30N4O5S/c1-9-15-14(10(2)24)18(25)23(15)16(19(26)27)17(9)29-13-5-12(20-6-13)8-22-4-3-11(7-22)21-28/h9-15,20-21,24,28H,3-8H2,1-2H3,(H,26,27)/t9-,10-,11?,12?,13+,14?,15?/m1/s1. The average Bonchev–Trinajstić information content (AvgIpc) is 3.35. The van der Waals surface area contributed by atoms with Crippen LogP contribution in [0.25, 0.3) is 0 Å². The first-order valence-electron chi connectivity index (χ1n) is 10.3. The van der Waals surface area contributed by atoms with Crippen LogP contribution in [0.2, 0.25) is 0 Å². The predicted molar refractivity (Wildman–Crippen MR) is 107 cm³/mol. The molecule has 4 heterocycles. The van der Waals surface area contributed by atoms with Crippen LogP contribution in [0.5, 0.6) is 0 Å². The second-order valence-corrected chi connectivity index (χ2v) is 10.1. The van der Waals surface area contributed by atoms with Crippen molar-refractivity contribution in [2.75, 3.05) is 26.2 Å². The summed E-state index contributed by atoms with van der Waals surface area (Å²) in [6.07, 6.45) is 1.09. The smallest absolute Gasteiger partial charge is 0.353 e. The zero-order chi connectivity index (χ0) is 20.9. The first-order valence-corrected chi connectivity index (χ1v) is 11.2. The number of carbonyl (C=O) groups is 2. The molecule has 0 aromatic heterocycles. The van der Waals surface area contributed by atoms with Crippen molar-refractivity contribution >= 4 is 23.6 Å². The van der Waals surface area contributed by atoms with E-state index in [-0.39, 0.29) is 34.9 Å². The van der Waals surface area contributed by atoms with Gasteiger partial charge in [-0.05, 0) is 26.3 Å². The molecule has 0 aromatic carbocycles. The topological polar surface area (TPSA) is 125 Å². The van der Waals surface area contributed by atoms with E-state index in [1.54, 1.807) is 18.7 Å². The molecule has 1 amide bonds. The number of aliphatic carboxylic acids is 1. The number of thioether (sulfide) groups is 1. The molecule has 3 saturated heterocycles. The van der Waals surface area contributed by atoms with Gasteiger partial charge in [0.25, 0.3) is 0 Å². The minimum absolute atomic E-state index is 0.0857. The fourth-order valence-corrected chi connectivity index (χ4v) is 6.80. The molecular formula is C19H30N4O5S. The third-order valence-electron chi connectivity index (χ3n) is 6.72. The molecule has 9 nitrogen and oxygen atoms in total. The molecule has 0 aromatic rings. The minimum Gasteiger partial charge on any atom is -0.477 e. The number of nitrogens with zero attached hydrogens (tertiary/aromatic N) is 2. The van der Waals surface area contributed by atoms with Crippen LogP contribution in [-0.4, -0.2) is 92.8 Å².